The predicted octanol–water partition coefficient (Wildman–Crippen LogP) is 3.86. The van der Waals surface area contributed by atoms with Gasteiger partial charge in [0.1, 0.15) is 17.5 Å². The third-order valence-corrected chi connectivity index (χ3v) is 7.74. The zero-order chi connectivity index (χ0) is 27.9. The zero-order valence-electron chi connectivity index (χ0n) is 21.3. The molecule has 14 heteroatoms. The summed E-state index contributed by atoms with van der Waals surface area (Å²) in [4.78, 5) is 31.8. The van der Waals surface area contributed by atoms with E-state index < -0.39 is 23.3 Å². The lowest BCUT2D eigenvalue weighted by Crippen LogP contribution is -2.66. The Bertz CT molecular complexity index is 1580. The van der Waals surface area contributed by atoms with E-state index in [0.29, 0.717) is 51.6 Å². The molecule has 0 unspecified atom stereocenters. The number of amides is 2. The molecule has 11 nitrogen and oxygen atoms in total. The molecular weight excluding hydrogens is 525 g/mol. The first-order valence-electron chi connectivity index (χ1n) is 12.8. The number of rotatable bonds is 5. The average Bonchev–Trinajstić information content (AvgIpc) is 3.61. The van der Waals surface area contributed by atoms with Crippen LogP contribution in [0, 0.1) is 11.3 Å². The van der Waals surface area contributed by atoms with Crippen molar-refractivity contribution in [1.82, 2.24) is 39.5 Å². The predicted molar refractivity (Wildman–Crippen MR) is 138 cm³/mol. The number of hydrogen-bond donors (Lipinski definition) is 2. The molecule has 2 saturated heterocycles. The molecule has 0 spiro atoms. The Morgan fingerprint density at radius 2 is 2.00 bits per heavy atom. The first-order chi connectivity index (χ1) is 19.3. The van der Waals surface area contributed by atoms with Crippen molar-refractivity contribution in [3.8, 4) is 17.3 Å². The highest BCUT2D eigenvalue weighted by Crippen LogP contribution is 2.38. The summed E-state index contributed by atoms with van der Waals surface area (Å²) in [6.07, 6.45) is 5.93. The van der Waals surface area contributed by atoms with Crippen molar-refractivity contribution in [3.05, 3.63) is 55.0 Å². The maximum atomic E-state index is 13.3. The molecule has 6 rings (SSSR count). The van der Waals surface area contributed by atoms with Crippen molar-refractivity contribution in [2.45, 2.75) is 37.0 Å². The van der Waals surface area contributed by atoms with Crippen molar-refractivity contribution in [2.75, 3.05) is 31.5 Å². The number of urea groups is 1. The summed E-state index contributed by atoms with van der Waals surface area (Å²) >= 11 is 0. The van der Waals surface area contributed by atoms with Crippen molar-refractivity contribution >= 4 is 22.8 Å². The lowest BCUT2D eigenvalue weighted by atomic mass is 9.84. The van der Waals surface area contributed by atoms with Crippen LogP contribution in [0.2, 0.25) is 0 Å². The SMILES string of the molecule is N#CCC1(n2cc(-c3ncnc4[nH]ccc34)cn2)CN(C2CCN(C(=O)Nc3ccncc3C(F)(F)F)CC2)C1. The molecule has 206 valence electrons. The van der Waals surface area contributed by atoms with Crippen LogP contribution in [0.5, 0.6) is 0 Å². The number of carbonyl (C=O) groups is 1. The number of pyridine rings is 1. The van der Waals surface area contributed by atoms with Crippen LogP contribution < -0.4 is 5.32 Å². The molecule has 0 radical (unpaired) electrons. The smallest absolute Gasteiger partial charge is 0.346 e. The van der Waals surface area contributed by atoms with Crippen LogP contribution in [0.4, 0.5) is 23.7 Å². The highest BCUT2D eigenvalue weighted by molar-refractivity contribution is 5.90. The molecule has 0 bridgehead atoms. The van der Waals surface area contributed by atoms with E-state index in [2.05, 4.69) is 41.3 Å². The molecule has 2 N–H and O–H groups in total. The van der Waals surface area contributed by atoms with E-state index in [0.717, 1.165) is 28.4 Å². The number of fused-ring (bicyclic) bond motifs is 1. The van der Waals surface area contributed by atoms with Gasteiger partial charge in [0.15, 0.2) is 0 Å². The molecule has 0 atom stereocenters. The second kappa shape index (κ2) is 9.91. The van der Waals surface area contributed by atoms with Gasteiger partial charge in [0.2, 0.25) is 0 Å². The van der Waals surface area contributed by atoms with Gasteiger partial charge < -0.3 is 15.2 Å². The lowest BCUT2D eigenvalue weighted by Gasteiger charge is -2.53. The number of nitriles is 1. The molecule has 2 aliphatic rings. The highest BCUT2D eigenvalue weighted by atomic mass is 19.4. The Labute approximate surface area is 226 Å². The van der Waals surface area contributed by atoms with Gasteiger partial charge in [0.25, 0.3) is 0 Å². The van der Waals surface area contributed by atoms with Crippen LogP contribution >= 0.6 is 0 Å². The summed E-state index contributed by atoms with van der Waals surface area (Å²) in [5.74, 6) is 0. The van der Waals surface area contributed by atoms with Gasteiger partial charge in [-0.05, 0) is 25.0 Å². The van der Waals surface area contributed by atoms with Gasteiger partial charge in [0.05, 0.1) is 35.6 Å². The molecule has 0 saturated carbocycles. The number of alkyl halides is 3. The standard InChI is InChI=1S/C26H25F3N10O/c27-26(28,29)20-12-31-7-2-21(20)36-24(40)37-9-3-18(4-10-37)38-14-25(15-38,5-6-30)39-13-17(11-35-39)22-19-1-8-32-23(19)34-16-33-22/h1-2,7-8,11-13,16,18H,3-5,9-10,14-15H2,(H,31,36,40)(H,32,33,34). The summed E-state index contributed by atoms with van der Waals surface area (Å²) < 4.78 is 41.6. The molecule has 4 aromatic rings. The summed E-state index contributed by atoms with van der Waals surface area (Å²) in [6, 6.07) is 4.99. The maximum Gasteiger partial charge on any atom is 0.419 e. The number of hydrogen-bond acceptors (Lipinski definition) is 7. The van der Waals surface area contributed by atoms with Crippen LogP contribution in [0.15, 0.2) is 49.4 Å². The largest absolute Gasteiger partial charge is 0.419 e. The average molecular weight is 551 g/mol. The monoisotopic (exact) mass is 550 g/mol. The fraction of sp³-hybridized carbons (Fsp3) is 0.385. The van der Waals surface area contributed by atoms with E-state index in [4.69, 9.17) is 0 Å². The molecule has 40 heavy (non-hydrogen) atoms. The molecule has 4 aromatic heterocycles. The van der Waals surface area contributed by atoms with Gasteiger partial charge >= 0.3 is 12.2 Å². The number of aromatic amines is 1. The summed E-state index contributed by atoms with van der Waals surface area (Å²) in [6.45, 7) is 2.09. The topological polar surface area (TPSA) is 132 Å². The molecule has 6 heterocycles. The minimum atomic E-state index is -4.62. The van der Waals surface area contributed by atoms with Gasteiger partial charge in [0, 0.05) is 68.0 Å². The van der Waals surface area contributed by atoms with Gasteiger partial charge in [-0.1, -0.05) is 0 Å². The number of aromatic nitrogens is 6. The minimum Gasteiger partial charge on any atom is -0.346 e. The number of carbonyl (C=O) groups excluding carboxylic acids is 1. The Hall–Kier alpha value is -4.51. The van der Waals surface area contributed by atoms with Crippen LogP contribution in [0.1, 0.15) is 24.8 Å². The normalized spacial score (nSPS) is 17.9. The van der Waals surface area contributed by atoms with Crippen LogP contribution in [-0.4, -0.2) is 77.8 Å². The van der Waals surface area contributed by atoms with E-state index in [9.17, 15) is 23.2 Å². The van der Waals surface area contributed by atoms with Gasteiger partial charge in [-0.2, -0.15) is 23.5 Å². The summed E-state index contributed by atoms with van der Waals surface area (Å²) in [7, 11) is 0. The molecule has 2 aliphatic heterocycles. The molecule has 0 aromatic carbocycles. The van der Waals surface area contributed by atoms with E-state index >= 15 is 0 Å². The lowest BCUT2D eigenvalue weighted by molar-refractivity contribution is -0.137. The van der Waals surface area contributed by atoms with Crippen molar-refractivity contribution in [1.29, 1.82) is 5.26 Å². The highest BCUT2D eigenvalue weighted by Gasteiger charge is 2.48. The number of H-pyrrole nitrogens is 1. The molecule has 2 fully saturated rings. The van der Waals surface area contributed by atoms with E-state index in [-0.39, 0.29) is 11.7 Å². The van der Waals surface area contributed by atoms with E-state index in [1.54, 1.807) is 6.20 Å². The van der Waals surface area contributed by atoms with Crippen molar-refractivity contribution in [3.63, 3.8) is 0 Å². The fourth-order valence-electron chi connectivity index (χ4n) is 5.62. The third-order valence-electron chi connectivity index (χ3n) is 7.74. The Kier molecular flexibility index (Phi) is 6.38. The number of piperidine rings is 1. The summed E-state index contributed by atoms with van der Waals surface area (Å²) in [5, 5.41) is 17.5. The maximum absolute atomic E-state index is 13.3. The van der Waals surface area contributed by atoms with Gasteiger partial charge in [-0.3, -0.25) is 14.6 Å². The first-order valence-corrected chi connectivity index (χ1v) is 12.8. The fourth-order valence-corrected chi connectivity index (χ4v) is 5.62. The number of halogens is 3. The van der Waals surface area contributed by atoms with Crippen LogP contribution in [-0.2, 0) is 11.7 Å². The van der Waals surface area contributed by atoms with E-state index in [1.807, 2.05) is 23.1 Å². The summed E-state index contributed by atoms with van der Waals surface area (Å²) in [5.41, 5.74) is 0.579. The number of likely N-dealkylation sites (tertiary alicyclic amines) is 2. The third kappa shape index (κ3) is 4.62. The number of anilines is 1. The van der Waals surface area contributed by atoms with E-state index in [1.165, 1.54) is 17.4 Å². The molecular formula is C26H25F3N10O. The number of nitrogens with one attached hydrogen (secondary N) is 2. The zero-order valence-corrected chi connectivity index (χ0v) is 21.3. The first kappa shape index (κ1) is 25.8. The molecule has 2 amide bonds. The molecule has 0 aliphatic carbocycles. The second-order valence-electron chi connectivity index (χ2n) is 10.2. The minimum absolute atomic E-state index is 0.193. The van der Waals surface area contributed by atoms with Crippen molar-refractivity contribution < 1.29 is 18.0 Å². The second-order valence-corrected chi connectivity index (χ2v) is 10.2. The van der Waals surface area contributed by atoms with Gasteiger partial charge in [-0.25, -0.2) is 14.8 Å². The van der Waals surface area contributed by atoms with Crippen LogP contribution in [0.25, 0.3) is 22.3 Å². The Balaban J connectivity index is 1.09. The Morgan fingerprint density at radius 1 is 1.20 bits per heavy atom. The van der Waals surface area contributed by atoms with Crippen LogP contribution in [0.3, 0.4) is 0 Å². The van der Waals surface area contributed by atoms with Gasteiger partial charge in [-0.15, -0.1) is 0 Å². The number of nitrogens with zero attached hydrogens (tertiary/aromatic N) is 8. The van der Waals surface area contributed by atoms with Crippen molar-refractivity contribution in [2.24, 2.45) is 0 Å². The quantitative estimate of drug-likeness (QED) is 0.386. The Morgan fingerprint density at radius 3 is 2.75 bits per heavy atom.